The fourth-order valence-electron chi connectivity index (χ4n) is 6.46. The van der Waals surface area contributed by atoms with Gasteiger partial charge in [-0.1, -0.05) is 50.5 Å². The van der Waals surface area contributed by atoms with Gasteiger partial charge in [0.15, 0.2) is 0 Å². The largest absolute Gasteiger partial charge is 0.573 e. The summed E-state index contributed by atoms with van der Waals surface area (Å²) in [6.07, 6.45) is 5.43. The normalized spacial score (nSPS) is 20.2. The molecule has 5 rings (SSSR count). The number of halogens is 4. The Morgan fingerprint density at radius 2 is 1.73 bits per heavy atom. The van der Waals surface area contributed by atoms with Gasteiger partial charge < -0.3 is 20.4 Å². The lowest BCUT2D eigenvalue weighted by Gasteiger charge is -2.30. The van der Waals surface area contributed by atoms with E-state index >= 15 is 0 Å². The molecule has 3 aromatic rings. The van der Waals surface area contributed by atoms with Gasteiger partial charge in [0.25, 0.3) is 0 Å². The first kappa shape index (κ1) is 30.3. The monoisotopic (exact) mass is 577 g/mol. The number of anilines is 1. The Morgan fingerprint density at radius 3 is 2.40 bits per heavy atom. The maximum atomic E-state index is 13.2. The Kier molecular flexibility index (Phi) is 9.72. The van der Waals surface area contributed by atoms with E-state index in [0.717, 1.165) is 54.5 Å². The molecule has 0 radical (unpaired) electrons. The van der Waals surface area contributed by atoms with Gasteiger partial charge in [0.2, 0.25) is 5.91 Å². The molecule has 1 heterocycles. The fraction of sp³-hybridized carbons (Fsp3) is 0.516. The minimum atomic E-state index is -4.79. The van der Waals surface area contributed by atoms with E-state index in [0.29, 0.717) is 23.5 Å². The van der Waals surface area contributed by atoms with E-state index in [4.69, 9.17) is 5.73 Å². The van der Waals surface area contributed by atoms with Crippen molar-refractivity contribution in [3.05, 3.63) is 48.2 Å². The number of nitrogens with one attached hydrogen (secondary N) is 1. The molecule has 3 N–H and O–H groups in total. The van der Waals surface area contributed by atoms with Gasteiger partial charge in [0.1, 0.15) is 5.75 Å². The molecule has 40 heavy (non-hydrogen) atoms. The van der Waals surface area contributed by atoms with Crippen LogP contribution in [0.2, 0.25) is 0 Å². The van der Waals surface area contributed by atoms with E-state index in [2.05, 4.69) is 14.6 Å². The molecule has 2 fully saturated rings. The standard InChI is InChI=1S/C31H38F3N3O2.ClH/c1-2-28(38)36-29-25-18-22(24-10-6-7-11-27(24)39-31(32,33)34)14-17-26(25)37(19-20-8-4-3-5-9-20)30(29)21-12-15-23(35)16-13-21;/h6-7,10-11,14,17-18,20-21,23H,2-5,8-9,12-13,15-16,19,35H2,1H3,(H,36,38);1H. The predicted molar refractivity (Wildman–Crippen MR) is 156 cm³/mol. The van der Waals surface area contributed by atoms with Gasteiger partial charge in [-0.3, -0.25) is 4.79 Å². The molecule has 0 unspecified atom stereocenters. The molecule has 1 aromatic heterocycles. The summed E-state index contributed by atoms with van der Waals surface area (Å²) in [6.45, 7) is 2.70. The summed E-state index contributed by atoms with van der Waals surface area (Å²) in [4.78, 5) is 12.8. The Morgan fingerprint density at radius 1 is 1.02 bits per heavy atom. The first-order valence-corrected chi connectivity index (χ1v) is 14.3. The van der Waals surface area contributed by atoms with Crippen LogP contribution in [0.4, 0.5) is 18.9 Å². The molecule has 0 aliphatic heterocycles. The SMILES string of the molecule is CCC(=O)Nc1c(C2CCC(N)CC2)n(CC2CCCCC2)c2ccc(-c3ccccc3OC(F)(F)F)cc12.Cl. The molecule has 9 heteroatoms. The summed E-state index contributed by atoms with van der Waals surface area (Å²) >= 11 is 0. The van der Waals surface area contributed by atoms with E-state index < -0.39 is 6.36 Å². The van der Waals surface area contributed by atoms with Crippen LogP contribution in [0.25, 0.3) is 22.0 Å². The van der Waals surface area contributed by atoms with Crippen molar-refractivity contribution < 1.29 is 22.7 Å². The van der Waals surface area contributed by atoms with E-state index in [1.807, 2.05) is 25.1 Å². The molecule has 0 saturated heterocycles. The van der Waals surface area contributed by atoms with Gasteiger partial charge >= 0.3 is 6.36 Å². The second kappa shape index (κ2) is 12.9. The lowest BCUT2D eigenvalue weighted by molar-refractivity contribution is -0.274. The number of hydrogen-bond acceptors (Lipinski definition) is 3. The van der Waals surface area contributed by atoms with Crippen LogP contribution in [0.5, 0.6) is 5.75 Å². The number of benzene rings is 2. The van der Waals surface area contributed by atoms with Crippen LogP contribution in [0.15, 0.2) is 42.5 Å². The second-order valence-electron chi connectivity index (χ2n) is 11.2. The second-order valence-corrected chi connectivity index (χ2v) is 11.2. The molecular weight excluding hydrogens is 539 g/mol. The molecule has 2 saturated carbocycles. The number of hydrogen-bond donors (Lipinski definition) is 2. The Balaban J connectivity index is 0.00000370. The van der Waals surface area contributed by atoms with E-state index in [1.54, 1.807) is 12.1 Å². The highest BCUT2D eigenvalue weighted by molar-refractivity contribution is 6.05. The smallest absolute Gasteiger partial charge is 0.405 e. The van der Waals surface area contributed by atoms with Gasteiger partial charge in [-0.15, -0.1) is 25.6 Å². The highest BCUT2D eigenvalue weighted by Gasteiger charge is 2.33. The maximum Gasteiger partial charge on any atom is 0.573 e. The summed E-state index contributed by atoms with van der Waals surface area (Å²) in [6, 6.07) is 12.2. The average Bonchev–Trinajstić information content (AvgIpc) is 3.21. The first-order chi connectivity index (χ1) is 18.7. The van der Waals surface area contributed by atoms with Crippen LogP contribution in [-0.4, -0.2) is 22.9 Å². The molecule has 5 nitrogen and oxygen atoms in total. The van der Waals surface area contributed by atoms with Crippen molar-refractivity contribution in [1.82, 2.24) is 4.57 Å². The van der Waals surface area contributed by atoms with Crippen molar-refractivity contribution in [2.75, 3.05) is 5.32 Å². The van der Waals surface area contributed by atoms with Gasteiger partial charge in [0.05, 0.1) is 11.2 Å². The molecule has 0 bridgehead atoms. The number of fused-ring (bicyclic) bond motifs is 1. The summed E-state index contributed by atoms with van der Waals surface area (Å²) in [5.74, 6) is 0.504. The van der Waals surface area contributed by atoms with E-state index in [1.165, 1.54) is 44.2 Å². The van der Waals surface area contributed by atoms with E-state index in [9.17, 15) is 18.0 Å². The number of nitrogens with zero attached hydrogens (tertiary/aromatic N) is 1. The predicted octanol–water partition coefficient (Wildman–Crippen LogP) is 8.54. The highest BCUT2D eigenvalue weighted by atomic mass is 35.5. The average molecular weight is 578 g/mol. The maximum absolute atomic E-state index is 13.2. The third kappa shape index (κ3) is 6.77. The molecule has 0 atom stereocenters. The van der Waals surface area contributed by atoms with Crippen LogP contribution in [-0.2, 0) is 11.3 Å². The van der Waals surface area contributed by atoms with Gasteiger partial charge in [-0.2, -0.15) is 0 Å². The van der Waals surface area contributed by atoms with Crippen LogP contribution < -0.4 is 15.8 Å². The number of para-hydroxylation sites is 1. The topological polar surface area (TPSA) is 69.3 Å². The lowest BCUT2D eigenvalue weighted by atomic mass is 9.83. The number of nitrogens with two attached hydrogens (primary N) is 1. The summed E-state index contributed by atoms with van der Waals surface area (Å²) in [7, 11) is 0. The number of carbonyl (C=O) groups is 1. The number of amides is 1. The zero-order chi connectivity index (χ0) is 27.6. The number of rotatable bonds is 7. The fourth-order valence-corrected chi connectivity index (χ4v) is 6.46. The van der Waals surface area contributed by atoms with Crippen molar-refractivity contribution in [3.63, 3.8) is 0 Å². The zero-order valence-electron chi connectivity index (χ0n) is 22.9. The summed E-state index contributed by atoms with van der Waals surface area (Å²) in [5, 5.41) is 4.06. The van der Waals surface area contributed by atoms with Crippen molar-refractivity contribution in [2.24, 2.45) is 11.7 Å². The number of carbonyl (C=O) groups excluding carboxylic acids is 1. The summed E-state index contributed by atoms with van der Waals surface area (Å²) < 4.78 is 46.3. The van der Waals surface area contributed by atoms with Crippen molar-refractivity contribution in [3.8, 4) is 16.9 Å². The number of aromatic nitrogens is 1. The third-order valence-corrected chi connectivity index (χ3v) is 8.44. The number of ether oxygens (including phenoxy) is 1. The van der Waals surface area contributed by atoms with Crippen LogP contribution in [0, 0.1) is 5.92 Å². The number of alkyl halides is 3. The lowest BCUT2D eigenvalue weighted by Crippen LogP contribution is -2.27. The minimum absolute atomic E-state index is 0. The first-order valence-electron chi connectivity index (χ1n) is 14.3. The highest BCUT2D eigenvalue weighted by Crippen LogP contribution is 2.45. The molecular formula is C31H39ClF3N3O2. The van der Waals surface area contributed by atoms with Crippen LogP contribution in [0.1, 0.15) is 82.7 Å². The van der Waals surface area contributed by atoms with Gasteiger partial charge in [-0.25, -0.2) is 0 Å². The Hall–Kier alpha value is -2.71. The van der Waals surface area contributed by atoms with Crippen LogP contribution >= 0.6 is 12.4 Å². The Bertz CT molecular complexity index is 1310. The molecule has 2 aliphatic rings. The molecule has 0 spiro atoms. The van der Waals surface area contributed by atoms with Crippen molar-refractivity contribution in [2.45, 2.75) is 96.0 Å². The quantitative estimate of drug-likeness (QED) is 0.295. The zero-order valence-corrected chi connectivity index (χ0v) is 23.8. The Labute approximate surface area is 240 Å². The molecule has 218 valence electrons. The molecule has 2 aromatic carbocycles. The van der Waals surface area contributed by atoms with Crippen molar-refractivity contribution >= 4 is 34.9 Å². The van der Waals surface area contributed by atoms with Gasteiger partial charge in [-0.05, 0) is 68.2 Å². The van der Waals surface area contributed by atoms with E-state index in [-0.39, 0.29) is 36.0 Å². The van der Waals surface area contributed by atoms with Gasteiger partial charge in [0, 0.05) is 41.6 Å². The summed E-state index contributed by atoms with van der Waals surface area (Å²) in [5.41, 5.74) is 10.2. The molecule has 1 amide bonds. The van der Waals surface area contributed by atoms with Crippen LogP contribution in [0.3, 0.4) is 0 Å². The third-order valence-electron chi connectivity index (χ3n) is 8.44. The minimum Gasteiger partial charge on any atom is -0.405 e. The molecule has 2 aliphatic carbocycles. The van der Waals surface area contributed by atoms with Crippen molar-refractivity contribution in [1.29, 1.82) is 0 Å².